The molecular formula is C34H35F3N8O5. The molecule has 5 heterocycles. The summed E-state index contributed by atoms with van der Waals surface area (Å²) in [6, 6.07) is 3.13. The van der Waals surface area contributed by atoms with Crippen molar-refractivity contribution in [3.8, 4) is 5.75 Å². The second kappa shape index (κ2) is 12.6. The smallest absolute Gasteiger partial charge is 0.416 e. The fourth-order valence-corrected chi connectivity index (χ4v) is 7.37. The molecule has 1 aliphatic carbocycles. The fraction of sp³-hybridized carbons (Fsp3) is 0.441. The molecule has 7 rings (SSSR count). The van der Waals surface area contributed by atoms with Gasteiger partial charge in [-0.05, 0) is 81.7 Å². The number of hydrogen-bond donors (Lipinski definition) is 2. The first-order valence-corrected chi connectivity index (χ1v) is 16.4. The number of fused-ring (bicyclic) bond motifs is 3. The molecule has 1 aromatic carbocycles. The molecule has 2 amide bonds. The average Bonchev–Trinajstić information content (AvgIpc) is 3.55. The van der Waals surface area contributed by atoms with E-state index in [1.54, 1.807) is 16.4 Å². The quantitative estimate of drug-likeness (QED) is 0.316. The van der Waals surface area contributed by atoms with E-state index >= 15 is 0 Å². The number of carbonyl (C=O) groups excluding carboxylic acids is 2. The molecule has 262 valence electrons. The predicted molar refractivity (Wildman–Crippen MR) is 174 cm³/mol. The largest absolute Gasteiger partial charge is 0.504 e. The number of piperidine rings is 1. The molecule has 3 aliphatic rings. The number of hydrogen-bond acceptors (Lipinski definition) is 9. The maximum absolute atomic E-state index is 14.4. The van der Waals surface area contributed by atoms with E-state index in [9.17, 15) is 32.7 Å². The Bertz CT molecular complexity index is 2110. The summed E-state index contributed by atoms with van der Waals surface area (Å²) < 4.78 is 48.2. The van der Waals surface area contributed by atoms with Crippen molar-refractivity contribution in [2.75, 3.05) is 31.6 Å². The number of likely N-dealkylation sites (tertiary alicyclic amines) is 1. The highest BCUT2D eigenvalue weighted by Gasteiger charge is 2.45. The van der Waals surface area contributed by atoms with Crippen LogP contribution in [-0.4, -0.2) is 77.3 Å². The summed E-state index contributed by atoms with van der Waals surface area (Å²) in [7, 11) is 0. The Hall–Kier alpha value is -5.12. The van der Waals surface area contributed by atoms with Crippen LogP contribution in [0.1, 0.15) is 76.5 Å². The molecule has 13 nitrogen and oxygen atoms in total. The van der Waals surface area contributed by atoms with E-state index in [2.05, 4.69) is 20.4 Å². The van der Waals surface area contributed by atoms with E-state index in [1.165, 1.54) is 23.8 Å². The van der Waals surface area contributed by atoms with E-state index in [4.69, 9.17) is 9.72 Å². The second-order valence-electron chi connectivity index (χ2n) is 13.1. The van der Waals surface area contributed by atoms with E-state index in [-0.39, 0.29) is 40.6 Å². The van der Waals surface area contributed by atoms with Gasteiger partial charge in [0.05, 0.1) is 24.5 Å². The van der Waals surface area contributed by atoms with Gasteiger partial charge in [-0.15, -0.1) is 5.10 Å². The molecule has 3 aromatic heterocycles. The number of aromatic nitrogens is 6. The van der Waals surface area contributed by atoms with E-state index in [1.807, 2.05) is 6.08 Å². The van der Waals surface area contributed by atoms with Gasteiger partial charge in [0.15, 0.2) is 17.3 Å². The lowest BCUT2D eigenvalue weighted by molar-refractivity contribution is -0.137. The topological polar surface area (TPSA) is 157 Å². The number of carbonyl (C=O) groups is 2. The molecule has 50 heavy (non-hydrogen) atoms. The number of ether oxygens (including phenoxy) is 1. The highest BCUT2D eigenvalue weighted by Crippen LogP contribution is 2.44. The van der Waals surface area contributed by atoms with Gasteiger partial charge >= 0.3 is 6.18 Å². The van der Waals surface area contributed by atoms with Crippen LogP contribution < -0.4 is 10.9 Å². The van der Waals surface area contributed by atoms with Crippen LogP contribution in [0, 0.1) is 13.8 Å². The number of nitrogens with zero attached hydrogens (tertiary/aromatic N) is 7. The normalized spacial score (nSPS) is 17.5. The van der Waals surface area contributed by atoms with Crippen LogP contribution in [-0.2, 0) is 34.1 Å². The number of alkyl halides is 3. The number of aryl methyl sites for hydroxylation is 2. The van der Waals surface area contributed by atoms with Gasteiger partial charge in [0, 0.05) is 35.4 Å². The third-order valence-corrected chi connectivity index (χ3v) is 10.0. The van der Waals surface area contributed by atoms with Gasteiger partial charge < -0.3 is 24.6 Å². The Kier molecular flexibility index (Phi) is 8.44. The van der Waals surface area contributed by atoms with Gasteiger partial charge in [-0.3, -0.25) is 14.4 Å². The molecule has 2 aliphatic heterocycles. The van der Waals surface area contributed by atoms with Crippen molar-refractivity contribution in [1.82, 2.24) is 34.0 Å². The van der Waals surface area contributed by atoms with Gasteiger partial charge in [-0.1, -0.05) is 6.08 Å². The van der Waals surface area contributed by atoms with E-state index in [0.717, 1.165) is 17.7 Å². The van der Waals surface area contributed by atoms with Gasteiger partial charge in [0.25, 0.3) is 11.5 Å². The summed E-state index contributed by atoms with van der Waals surface area (Å²) >= 11 is 0. The Morgan fingerprint density at radius 1 is 1.10 bits per heavy atom. The van der Waals surface area contributed by atoms with Crippen LogP contribution in [0.2, 0.25) is 0 Å². The predicted octanol–water partition coefficient (Wildman–Crippen LogP) is 3.97. The average molecular weight is 693 g/mol. The number of amides is 2. The van der Waals surface area contributed by atoms with Crippen molar-refractivity contribution in [2.45, 2.75) is 70.5 Å². The van der Waals surface area contributed by atoms with Crippen LogP contribution in [0.4, 0.5) is 18.9 Å². The Morgan fingerprint density at radius 2 is 1.88 bits per heavy atom. The first kappa shape index (κ1) is 33.4. The first-order chi connectivity index (χ1) is 23.9. The number of aromatic hydroxyl groups is 1. The summed E-state index contributed by atoms with van der Waals surface area (Å²) in [6.45, 7) is 4.28. The van der Waals surface area contributed by atoms with Crippen LogP contribution in [0.25, 0.3) is 11.4 Å². The summed E-state index contributed by atoms with van der Waals surface area (Å²) in [5.74, 6) is -0.648. The molecule has 2 N–H and O–H groups in total. The summed E-state index contributed by atoms with van der Waals surface area (Å²) in [4.78, 5) is 55.7. The van der Waals surface area contributed by atoms with Crippen LogP contribution >= 0.6 is 0 Å². The fourth-order valence-electron chi connectivity index (χ4n) is 7.37. The van der Waals surface area contributed by atoms with Crippen molar-refractivity contribution >= 4 is 28.9 Å². The third kappa shape index (κ3) is 5.90. The molecule has 0 radical (unpaired) electrons. The minimum Gasteiger partial charge on any atom is -0.504 e. The molecule has 1 spiro atoms. The van der Waals surface area contributed by atoms with Crippen molar-refractivity contribution in [3.63, 3.8) is 0 Å². The Balaban J connectivity index is 1.26. The molecule has 1 fully saturated rings. The number of rotatable bonds is 5. The number of nitrogens with one attached hydrogen (secondary N) is 1. The highest BCUT2D eigenvalue weighted by molar-refractivity contribution is 5.95. The molecule has 0 bridgehead atoms. The Morgan fingerprint density at radius 3 is 2.58 bits per heavy atom. The molecule has 0 atom stereocenters. The number of halogens is 3. The SMILES string of the molecule is Cc1cc(C(F)(F)F)ccc1NC(=O)Cn1c2c(c(=O)n3nc(C4=CCOCC4)nc13)C1(CCC2)CCN(C(=O)c2ncnc(C)c2O)CC1. The van der Waals surface area contributed by atoms with Crippen LogP contribution in [0.5, 0.6) is 5.75 Å². The minimum absolute atomic E-state index is 0.0755. The minimum atomic E-state index is -4.52. The standard InChI is InChI=1S/C34H35F3N8O5/c1-19-16-22(34(35,36)37)5-6-23(19)40-25(46)17-44-24-4-3-9-33(10-12-43(13-11-33)31(49)27-28(47)20(2)38-18-39-27)26(24)30(48)45-32(44)41-29(42-45)21-7-14-50-15-8-21/h5-7,16,18,47H,3-4,8-15,17H2,1-2H3,(H,40,46). The molecule has 1 saturated heterocycles. The molecule has 16 heteroatoms. The maximum Gasteiger partial charge on any atom is 0.416 e. The summed E-state index contributed by atoms with van der Waals surface area (Å²) in [5.41, 5.74) is 0.937. The number of anilines is 1. The van der Waals surface area contributed by atoms with Gasteiger partial charge in [-0.25, -0.2) is 9.97 Å². The van der Waals surface area contributed by atoms with E-state index in [0.29, 0.717) is 87.6 Å². The second-order valence-corrected chi connectivity index (χ2v) is 13.1. The van der Waals surface area contributed by atoms with Crippen molar-refractivity contribution in [1.29, 1.82) is 0 Å². The lowest BCUT2D eigenvalue weighted by atomic mass is 9.66. The van der Waals surface area contributed by atoms with Crippen LogP contribution in [0.3, 0.4) is 0 Å². The first-order valence-electron chi connectivity index (χ1n) is 16.4. The Labute approximate surface area is 283 Å². The molecule has 4 aromatic rings. The third-order valence-electron chi connectivity index (χ3n) is 10.0. The lowest BCUT2D eigenvalue weighted by Gasteiger charge is -2.45. The lowest BCUT2D eigenvalue weighted by Crippen LogP contribution is -2.50. The van der Waals surface area contributed by atoms with Gasteiger partial charge in [-0.2, -0.15) is 22.7 Å². The van der Waals surface area contributed by atoms with Gasteiger partial charge in [0.2, 0.25) is 11.7 Å². The highest BCUT2D eigenvalue weighted by atomic mass is 19.4. The van der Waals surface area contributed by atoms with Crippen molar-refractivity contribution in [3.05, 3.63) is 80.6 Å². The zero-order valence-corrected chi connectivity index (χ0v) is 27.5. The van der Waals surface area contributed by atoms with Gasteiger partial charge in [0.1, 0.15) is 12.9 Å². The molecular weight excluding hydrogens is 657 g/mol. The summed E-state index contributed by atoms with van der Waals surface area (Å²) in [5, 5.41) is 17.8. The van der Waals surface area contributed by atoms with E-state index < -0.39 is 29.0 Å². The maximum atomic E-state index is 14.4. The van der Waals surface area contributed by atoms with Crippen molar-refractivity contribution < 1.29 is 32.6 Å². The van der Waals surface area contributed by atoms with Crippen LogP contribution in [0.15, 0.2) is 35.4 Å². The molecule has 0 unspecified atom stereocenters. The zero-order chi connectivity index (χ0) is 35.4. The zero-order valence-electron chi connectivity index (χ0n) is 27.5. The summed E-state index contributed by atoms with van der Waals surface area (Å²) in [6.07, 6.45) is 1.92. The monoisotopic (exact) mass is 692 g/mol. The molecule has 0 saturated carbocycles. The number of benzene rings is 1. The van der Waals surface area contributed by atoms with Crippen molar-refractivity contribution in [2.24, 2.45) is 0 Å².